The van der Waals surface area contributed by atoms with Crippen LogP contribution in [0.2, 0.25) is 10.0 Å². The molecule has 3 atom stereocenters. The zero-order valence-electron chi connectivity index (χ0n) is 13.9. The molecular formula is C18H16Cl2N4OS. The molecule has 1 unspecified atom stereocenters. The van der Waals surface area contributed by atoms with Crippen molar-refractivity contribution in [3.05, 3.63) is 45.7 Å². The second kappa shape index (κ2) is 5.87. The molecule has 134 valence electrons. The first kappa shape index (κ1) is 16.4. The summed E-state index contributed by atoms with van der Waals surface area (Å²) in [6, 6.07) is 8.40. The van der Waals surface area contributed by atoms with Crippen LogP contribution in [0.5, 0.6) is 0 Å². The Balaban J connectivity index is 1.25. The van der Waals surface area contributed by atoms with Crippen LogP contribution in [0.1, 0.15) is 16.2 Å². The third-order valence-corrected chi connectivity index (χ3v) is 7.37. The quantitative estimate of drug-likeness (QED) is 0.687. The van der Waals surface area contributed by atoms with Crippen molar-refractivity contribution in [2.75, 3.05) is 18.0 Å². The Morgan fingerprint density at radius 1 is 1.27 bits per heavy atom. The number of amides is 1. The number of hydrogen-bond acceptors (Lipinski definition) is 4. The van der Waals surface area contributed by atoms with Gasteiger partial charge in [0.2, 0.25) is 0 Å². The van der Waals surface area contributed by atoms with Gasteiger partial charge in [-0.3, -0.25) is 4.79 Å². The maximum atomic E-state index is 12.5. The van der Waals surface area contributed by atoms with Gasteiger partial charge in [0.1, 0.15) is 5.69 Å². The minimum atomic E-state index is -0.184. The first-order valence-electron chi connectivity index (χ1n) is 8.48. The van der Waals surface area contributed by atoms with Crippen LogP contribution in [-0.4, -0.2) is 35.0 Å². The summed E-state index contributed by atoms with van der Waals surface area (Å²) in [5.41, 5.74) is 2.11. The van der Waals surface area contributed by atoms with Gasteiger partial charge in [0.15, 0.2) is 5.13 Å². The van der Waals surface area contributed by atoms with Gasteiger partial charge in [0, 0.05) is 36.7 Å². The van der Waals surface area contributed by atoms with Gasteiger partial charge in [-0.25, -0.2) is 4.98 Å². The molecule has 5 nitrogen and oxygen atoms in total. The molecule has 3 heterocycles. The van der Waals surface area contributed by atoms with Crippen LogP contribution in [0, 0.1) is 18.8 Å². The Morgan fingerprint density at radius 3 is 2.65 bits per heavy atom. The van der Waals surface area contributed by atoms with E-state index in [2.05, 4.69) is 21.3 Å². The number of rotatable bonds is 3. The molecule has 1 aromatic carbocycles. The second-order valence-corrected chi connectivity index (χ2v) is 8.71. The van der Waals surface area contributed by atoms with Crippen LogP contribution in [-0.2, 0) is 0 Å². The van der Waals surface area contributed by atoms with Crippen LogP contribution in [0.25, 0.3) is 10.2 Å². The van der Waals surface area contributed by atoms with Crippen molar-refractivity contribution in [1.29, 1.82) is 0 Å². The Bertz CT molecular complexity index is 985. The van der Waals surface area contributed by atoms with E-state index in [1.54, 1.807) is 18.3 Å². The van der Waals surface area contributed by atoms with Gasteiger partial charge in [-0.2, -0.15) is 0 Å². The van der Waals surface area contributed by atoms with Crippen LogP contribution in [0.4, 0.5) is 5.13 Å². The highest BCUT2D eigenvalue weighted by atomic mass is 35.5. The smallest absolute Gasteiger partial charge is 0.269 e. The number of carbonyl (C=O) groups excluding carboxylic acids is 1. The summed E-state index contributed by atoms with van der Waals surface area (Å²) in [5.74, 6) is 0.753. The number of para-hydroxylation sites is 1. The molecule has 3 aromatic rings. The number of thiazole rings is 1. The molecule has 1 amide bonds. The Morgan fingerprint density at radius 2 is 2.00 bits per heavy atom. The molecular weight excluding hydrogens is 391 g/mol. The Kier molecular flexibility index (Phi) is 3.71. The average Bonchev–Trinajstić information content (AvgIpc) is 3.04. The zero-order valence-corrected chi connectivity index (χ0v) is 16.3. The highest BCUT2D eigenvalue weighted by Crippen LogP contribution is 2.48. The van der Waals surface area contributed by atoms with Crippen molar-refractivity contribution in [1.82, 2.24) is 15.3 Å². The number of benzene rings is 1. The lowest BCUT2D eigenvalue weighted by Gasteiger charge is -2.19. The number of aromatic amines is 1. The molecule has 0 radical (unpaired) electrons. The summed E-state index contributed by atoms with van der Waals surface area (Å²) >= 11 is 13.9. The lowest BCUT2D eigenvalue weighted by atomic mass is 10.3. The van der Waals surface area contributed by atoms with Crippen molar-refractivity contribution in [2.24, 2.45) is 11.8 Å². The standard InChI is InChI=1S/C18H16Cl2N4OS/c1-8-13(19)14(20)16(21-8)17(25)23-15-9-6-24(7-10(9)15)18-22-11-4-2-3-5-12(11)26-18/h2-5,9-10,15,21H,6-7H2,1H3,(H,23,25)/t9-,10+,15?. The van der Waals surface area contributed by atoms with Crippen molar-refractivity contribution in [3.8, 4) is 0 Å². The fourth-order valence-corrected chi connectivity index (χ4v) is 5.24. The predicted octanol–water partition coefficient (Wildman–Crippen LogP) is 4.10. The number of halogens is 2. The number of nitrogens with one attached hydrogen (secondary N) is 2. The molecule has 0 spiro atoms. The number of aryl methyl sites for hydroxylation is 1. The van der Waals surface area contributed by atoms with Crippen molar-refractivity contribution >= 4 is 55.8 Å². The summed E-state index contributed by atoms with van der Waals surface area (Å²) in [4.78, 5) is 22.5. The number of H-pyrrole nitrogens is 1. The van der Waals surface area contributed by atoms with Crippen molar-refractivity contribution in [3.63, 3.8) is 0 Å². The fourth-order valence-electron chi connectivity index (χ4n) is 3.84. The number of carbonyl (C=O) groups is 1. The number of nitrogens with zero attached hydrogens (tertiary/aromatic N) is 2. The topological polar surface area (TPSA) is 61.0 Å². The third-order valence-electron chi connectivity index (χ3n) is 5.33. The van der Waals surface area contributed by atoms with Gasteiger partial charge < -0.3 is 15.2 Å². The highest BCUT2D eigenvalue weighted by molar-refractivity contribution is 7.22. The van der Waals surface area contributed by atoms with Crippen LogP contribution in [0.3, 0.4) is 0 Å². The summed E-state index contributed by atoms with van der Waals surface area (Å²) in [7, 11) is 0. The molecule has 2 aliphatic rings. The van der Waals surface area contributed by atoms with Crippen LogP contribution in [0.15, 0.2) is 24.3 Å². The predicted molar refractivity (Wildman–Crippen MR) is 106 cm³/mol. The van der Waals surface area contributed by atoms with E-state index in [4.69, 9.17) is 28.2 Å². The van der Waals surface area contributed by atoms with Gasteiger partial charge in [0.25, 0.3) is 5.91 Å². The van der Waals surface area contributed by atoms with Gasteiger partial charge in [-0.05, 0) is 19.1 Å². The maximum absolute atomic E-state index is 12.5. The van der Waals surface area contributed by atoms with E-state index in [0.29, 0.717) is 33.3 Å². The van der Waals surface area contributed by atoms with Gasteiger partial charge >= 0.3 is 0 Å². The minimum absolute atomic E-state index is 0.184. The van der Waals surface area contributed by atoms with Crippen LogP contribution >= 0.6 is 34.5 Å². The van der Waals surface area contributed by atoms with E-state index in [1.807, 2.05) is 18.2 Å². The molecule has 1 saturated carbocycles. The van der Waals surface area contributed by atoms with E-state index >= 15 is 0 Å². The van der Waals surface area contributed by atoms with Gasteiger partial charge in [0.05, 0.1) is 20.3 Å². The lowest BCUT2D eigenvalue weighted by molar-refractivity contribution is 0.0942. The molecule has 2 fully saturated rings. The summed E-state index contributed by atoms with van der Waals surface area (Å²) in [6.07, 6.45) is 0. The lowest BCUT2D eigenvalue weighted by Crippen LogP contribution is -2.34. The molecule has 1 aliphatic heterocycles. The normalized spacial score (nSPS) is 24.1. The number of hydrogen-bond donors (Lipinski definition) is 2. The van der Waals surface area contributed by atoms with E-state index in [-0.39, 0.29) is 11.9 Å². The minimum Gasteiger partial charge on any atom is -0.352 e. The molecule has 0 bridgehead atoms. The number of aromatic nitrogens is 2. The number of fused-ring (bicyclic) bond motifs is 2. The average molecular weight is 407 g/mol. The van der Waals surface area contributed by atoms with Gasteiger partial charge in [-0.1, -0.05) is 46.7 Å². The molecule has 26 heavy (non-hydrogen) atoms. The molecule has 1 saturated heterocycles. The summed E-state index contributed by atoms with van der Waals surface area (Å²) in [6.45, 7) is 3.65. The zero-order chi connectivity index (χ0) is 18.0. The molecule has 1 aliphatic carbocycles. The number of anilines is 1. The maximum Gasteiger partial charge on any atom is 0.269 e. The third kappa shape index (κ3) is 2.51. The fraction of sp³-hybridized carbons (Fsp3) is 0.333. The summed E-state index contributed by atoms with van der Waals surface area (Å²) in [5, 5.41) is 4.87. The number of piperidine rings is 1. The Labute approximate surface area is 164 Å². The van der Waals surface area contributed by atoms with E-state index < -0.39 is 0 Å². The molecule has 8 heteroatoms. The van der Waals surface area contributed by atoms with E-state index in [0.717, 1.165) is 23.7 Å². The molecule has 2 aromatic heterocycles. The first-order chi connectivity index (χ1) is 12.5. The van der Waals surface area contributed by atoms with Gasteiger partial charge in [-0.15, -0.1) is 0 Å². The van der Waals surface area contributed by atoms with E-state index in [1.165, 1.54) is 4.70 Å². The molecule has 2 N–H and O–H groups in total. The highest BCUT2D eigenvalue weighted by Gasteiger charge is 2.57. The second-order valence-electron chi connectivity index (χ2n) is 6.95. The largest absolute Gasteiger partial charge is 0.352 e. The summed E-state index contributed by atoms with van der Waals surface area (Å²) < 4.78 is 1.21. The van der Waals surface area contributed by atoms with Crippen LogP contribution < -0.4 is 10.2 Å². The molecule has 5 rings (SSSR count). The van der Waals surface area contributed by atoms with Crippen molar-refractivity contribution in [2.45, 2.75) is 13.0 Å². The van der Waals surface area contributed by atoms with Crippen molar-refractivity contribution < 1.29 is 4.79 Å². The monoisotopic (exact) mass is 406 g/mol. The SMILES string of the molecule is Cc1[nH]c(C(=O)NC2[C@H]3CN(c4nc5ccccc5s4)C[C@@H]23)c(Cl)c1Cl. The van der Waals surface area contributed by atoms with E-state index in [9.17, 15) is 4.79 Å². The first-order valence-corrected chi connectivity index (χ1v) is 10.0. The Hall–Kier alpha value is -1.76.